The van der Waals surface area contributed by atoms with Gasteiger partial charge in [0.25, 0.3) is 5.91 Å². The smallest absolute Gasteiger partial charge is 0.265 e. The van der Waals surface area contributed by atoms with Crippen LogP contribution in [-0.2, 0) is 4.74 Å². The molecule has 0 fully saturated rings. The van der Waals surface area contributed by atoms with Crippen LogP contribution in [-0.4, -0.2) is 37.7 Å². The first-order chi connectivity index (χ1) is 9.39. The Balaban J connectivity index is 2.60. The minimum Gasteiger partial charge on any atom is -0.383 e. The van der Waals surface area contributed by atoms with Crippen molar-refractivity contribution in [3.05, 3.63) is 4.88 Å². The van der Waals surface area contributed by atoms with E-state index in [0.29, 0.717) is 29.7 Å². The number of hydrogen-bond acceptors (Lipinski definition) is 6. The largest absolute Gasteiger partial charge is 0.383 e. The van der Waals surface area contributed by atoms with Crippen LogP contribution in [0.4, 0.5) is 10.9 Å². The van der Waals surface area contributed by atoms with Crippen molar-refractivity contribution in [3.63, 3.8) is 0 Å². The summed E-state index contributed by atoms with van der Waals surface area (Å²) in [6.07, 6.45) is 0.995. The van der Waals surface area contributed by atoms with Crippen molar-refractivity contribution in [1.82, 2.24) is 10.3 Å². The SMILES string of the molecule is CCC(C)(C)CNC(=O)c1sc(NCCOC)nc1N. The molecule has 1 aromatic heterocycles. The number of nitrogens with one attached hydrogen (secondary N) is 2. The van der Waals surface area contributed by atoms with Crippen molar-refractivity contribution < 1.29 is 9.53 Å². The molecule has 0 atom stereocenters. The van der Waals surface area contributed by atoms with Gasteiger partial charge in [0, 0.05) is 20.2 Å². The predicted octanol–water partition coefficient (Wildman–Crippen LogP) is 1.95. The van der Waals surface area contributed by atoms with Crippen LogP contribution >= 0.6 is 11.3 Å². The van der Waals surface area contributed by atoms with Gasteiger partial charge in [0.2, 0.25) is 0 Å². The number of anilines is 2. The highest BCUT2D eigenvalue weighted by Gasteiger charge is 2.20. The lowest BCUT2D eigenvalue weighted by molar-refractivity contribution is 0.0940. The van der Waals surface area contributed by atoms with Crippen LogP contribution in [0.25, 0.3) is 0 Å². The Bertz CT molecular complexity index is 446. The van der Waals surface area contributed by atoms with E-state index in [1.165, 1.54) is 11.3 Å². The van der Waals surface area contributed by atoms with Crippen molar-refractivity contribution >= 4 is 28.2 Å². The minimum absolute atomic E-state index is 0.0780. The van der Waals surface area contributed by atoms with Gasteiger partial charge in [-0.15, -0.1) is 0 Å². The number of carbonyl (C=O) groups excluding carboxylic acids is 1. The summed E-state index contributed by atoms with van der Waals surface area (Å²) in [7, 11) is 1.63. The Labute approximate surface area is 124 Å². The van der Waals surface area contributed by atoms with Crippen LogP contribution in [0.15, 0.2) is 0 Å². The highest BCUT2D eigenvalue weighted by atomic mass is 32.1. The van der Waals surface area contributed by atoms with Crippen LogP contribution in [0.1, 0.15) is 36.9 Å². The van der Waals surface area contributed by atoms with Crippen LogP contribution < -0.4 is 16.4 Å². The van der Waals surface area contributed by atoms with E-state index in [-0.39, 0.29) is 17.1 Å². The van der Waals surface area contributed by atoms with Crippen molar-refractivity contribution in [2.75, 3.05) is 37.9 Å². The van der Waals surface area contributed by atoms with Gasteiger partial charge in [0.1, 0.15) is 10.7 Å². The number of hydrogen-bond donors (Lipinski definition) is 3. The Morgan fingerprint density at radius 3 is 2.80 bits per heavy atom. The first-order valence-corrected chi connectivity index (χ1v) is 7.48. The first kappa shape index (κ1) is 16.7. The molecule has 0 bridgehead atoms. The Hall–Kier alpha value is -1.34. The van der Waals surface area contributed by atoms with E-state index >= 15 is 0 Å². The molecule has 1 amide bonds. The van der Waals surface area contributed by atoms with E-state index < -0.39 is 0 Å². The predicted molar refractivity (Wildman–Crippen MR) is 83.3 cm³/mol. The first-order valence-electron chi connectivity index (χ1n) is 6.67. The summed E-state index contributed by atoms with van der Waals surface area (Å²) in [4.78, 5) is 16.7. The highest BCUT2D eigenvalue weighted by Crippen LogP contribution is 2.25. The molecule has 0 saturated carbocycles. The molecule has 7 heteroatoms. The summed E-state index contributed by atoms with van der Waals surface area (Å²) in [5.41, 5.74) is 5.86. The number of carbonyl (C=O) groups is 1. The quantitative estimate of drug-likeness (QED) is 0.639. The third kappa shape index (κ3) is 4.97. The molecule has 20 heavy (non-hydrogen) atoms. The molecule has 0 aliphatic carbocycles. The lowest BCUT2D eigenvalue weighted by Gasteiger charge is -2.22. The van der Waals surface area contributed by atoms with Gasteiger partial charge in [-0.2, -0.15) is 0 Å². The maximum absolute atomic E-state index is 12.1. The molecule has 0 saturated heterocycles. The molecule has 1 rings (SSSR count). The molecule has 0 aliphatic rings. The fourth-order valence-electron chi connectivity index (χ4n) is 1.36. The van der Waals surface area contributed by atoms with Crippen LogP contribution in [0.5, 0.6) is 0 Å². The molecule has 0 radical (unpaired) electrons. The monoisotopic (exact) mass is 300 g/mol. The number of thiazole rings is 1. The number of ether oxygens (including phenoxy) is 1. The topological polar surface area (TPSA) is 89.3 Å². The van der Waals surface area contributed by atoms with Crippen LogP contribution in [0.3, 0.4) is 0 Å². The molecule has 4 N–H and O–H groups in total. The second kappa shape index (κ2) is 7.44. The van der Waals surface area contributed by atoms with Gasteiger partial charge in [-0.05, 0) is 11.8 Å². The summed E-state index contributed by atoms with van der Waals surface area (Å²) >= 11 is 1.26. The molecular formula is C13H24N4O2S. The second-order valence-electron chi connectivity index (χ2n) is 5.35. The number of methoxy groups -OCH3 is 1. The van der Waals surface area contributed by atoms with Gasteiger partial charge in [-0.1, -0.05) is 32.1 Å². The number of nitrogen functional groups attached to an aromatic ring is 1. The lowest BCUT2D eigenvalue weighted by Crippen LogP contribution is -2.33. The maximum Gasteiger partial charge on any atom is 0.265 e. The molecule has 0 spiro atoms. The second-order valence-corrected chi connectivity index (χ2v) is 6.35. The van der Waals surface area contributed by atoms with Gasteiger partial charge in [0.15, 0.2) is 5.13 Å². The summed E-state index contributed by atoms with van der Waals surface area (Å²) < 4.78 is 4.94. The summed E-state index contributed by atoms with van der Waals surface area (Å²) in [5.74, 6) is 0.100. The zero-order valence-electron chi connectivity index (χ0n) is 12.6. The number of nitrogens with zero attached hydrogens (tertiary/aromatic N) is 1. The van der Waals surface area contributed by atoms with Gasteiger partial charge in [-0.25, -0.2) is 4.98 Å². The van der Waals surface area contributed by atoms with Crippen LogP contribution in [0, 0.1) is 5.41 Å². The Kier molecular flexibility index (Phi) is 6.22. The van der Waals surface area contributed by atoms with Gasteiger partial charge in [-0.3, -0.25) is 4.79 Å². The Morgan fingerprint density at radius 1 is 1.50 bits per heavy atom. The number of amides is 1. The minimum atomic E-state index is -0.165. The Morgan fingerprint density at radius 2 is 2.20 bits per heavy atom. The average molecular weight is 300 g/mol. The standard InChI is InChI=1S/C13H24N4O2S/c1-5-13(2,3)8-16-11(18)9-10(14)17-12(20-9)15-6-7-19-4/h5-8,14H2,1-4H3,(H,15,17)(H,16,18). The average Bonchev–Trinajstić information content (AvgIpc) is 2.78. The van der Waals surface area contributed by atoms with E-state index in [1.54, 1.807) is 7.11 Å². The van der Waals surface area contributed by atoms with Gasteiger partial charge < -0.3 is 21.1 Å². The van der Waals surface area contributed by atoms with Crippen molar-refractivity contribution in [2.24, 2.45) is 5.41 Å². The van der Waals surface area contributed by atoms with E-state index in [4.69, 9.17) is 10.5 Å². The lowest BCUT2D eigenvalue weighted by atomic mass is 9.90. The molecule has 0 aliphatic heterocycles. The van der Waals surface area contributed by atoms with Crippen molar-refractivity contribution in [1.29, 1.82) is 0 Å². The summed E-state index contributed by atoms with van der Waals surface area (Å²) in [6.45, 7) is 8.15. The van der Waals surface area contributed by atoms with Gasteiger partial charge >= 0.3 is 0 Å². The number of nitrogens with two attached hydrogens (primary N) is 1. The van der Waals surface area contributed by atoms with Crippen molar-refractivity contribution in [3.8, 4) is 0 Å². The maximum atomic E-state index is 12.1. The third-order valence-electron chi connectivity index (χ3n) is 3.13. The zero-order valence-corrected chi connectivity index (χ0v) is 13.4. The summed E-state index contributed by atoms with van der Waals surface area (Å²) in [6, 6.07) is 0. The van der Waals surface area contributed by atoms with E-state index in [9.17, 15) is 4.79 Å². The molecule has 114 valence electrons. The summed E-state index contributed by atoms with van der Waals surface area (Å²) in [5, 5.41) is 6.62. The third-order valence-corrected chi connectivity index (χ3v) is 4.15. The fraction of sp³-hybridized carbons (Fsp3) is 0.692. The number of rotatable bonds is 8. The van der Waals surface area contributed by atoms with Crippen molar-refractivity contribution in [2.45, 2.75) is 27.2 Å². The van der Waals surface area contributed by atoms with E-state index in [0.717, 1.165) is 6.42 Å². The molecule has 1 aromatic rings. The van der Waals surface area contributed by atoms with E-state index in [2.05, 4.69) is 36.4 Å². The van der Waals surface area contributed by atoms with Gasteiger partial charge in [0.05, 0.1) is 6.61 Å². The number of aromatic nitrogens is 1. The fourth-order valence-corrected chi connectivity index (χ4v) is 2.18. The highest BCUT2D eigenvalue weighted by molar-refractivity contribution is 7.18. The molecule has 1 heterocycles. The zero-order chi connectivity index (χ0) is 15.2. The molecule has 6 nitrogen and oxygen atoms in total. The molecule has 0 aromatic carbocycles. The normalized spacial score (nSPS) is 11.4. The van der Waals surface area contributed by atoms with Crippen LogP contribution in [0.2, 0.25) is 0 Å². The molecular weight excluding hydrogens is 276 g/mol. The van der Waals surface area contributed by atoms with E-state index in [1.807, 2.05) is 0 Å². The molecule has 0 unspecified atom stereocenters.